The predicted molar refractivity (Wildman–Crippen MR) is 73.7 cm³/mol. The Morgan fingerprint density at radius 1 is 0.619 bits per heavy atom. The molecule has 0 aliphatic rings. The van der Waals surface area contributed by atoms with Gasteiger partial charge in [-0.1, -0.05) is 12.1 Å². The Balaban J connectivity index is 0.000000296. The average Bonchev–Trinajstić information content (AvgIpc) is 2.26. The van der Waals surface area contributed by atoms with E-state index in [1.807, 2.05) is 0 Å². The highest BCUT2D eigenvalue weighted by molar-refractivity contribution is 7.79. The Hall–Kier alpha value is -2.49. The zero-order chi connectivity index (χ0) is 16.5. The molecule has 0 aromatic heterocycles. The highest BCUT2D eigenvalue weighted by Gasteiger charge is 1.86. The van der Waals surface area contributed by atoms with Gasteiger partial charge in [-0.15, -0.1) is 0 Å². The minimum absolute atomic E-state index is 0.0880. The van der Waals surface area contributed by atoms with Gasteiger partial charge in [-0.2, -0.15) is 8.42 Å². The van der Waals surface area contributed by atoms with E-state index in [1.54, 1.807) is 12.1 Å². The molecule has 0 radical (unpaired) electrons. The third-order valence-corrected chi connectivity index (χ3v) is 1.66. The maximum atomic E-state index is 8.74. The highest BCUT2D eigenvalue weighted by Crippen LogP contribution is 2.15. The molecular weight excluding hydrogens is 304 g/mol. The fraction of sp³-hybridized carbons (Fsp3) is 0. The molecule has 21 heavy (non-hydrogen) atoms. The second kappa shape index (κ2) is 8.64. The molecule has 0 saturated carbocycles. The van der Waals surface area contributed by atoms with Crippen molar-refractivity contribution in [1.82, 2.24) is 0 Å². The fourth-order valence-corrected chi connectivity index (χ4v) is 0.986. The molecule has 0 fully saturated rings. The molecule has 0 spiro atoms. The third-order valence-electron chi connectivity index (χ3n) is 1.66. The fourth-order valence-electron chi connectivity index (χ4n) is 0.986. The zero-order valence-electron chi connectivity index (χ0n) is 10.5. The number of hydrogen-bond donors (Lipinski definition) is 6. The minimum Gasteiger partial charge on any atom is -0.508 e. The van der Waals surface area contributed by atoms with Crippen LogP contribution in [0.5, 0.6) is 23.0 Å². The summed E-state index contributed by atoms with van der Waals surface area (Å²) in [5, 5.41) is 34.6. The Kier molecular flexibility index (Phi) is 7.61. The molecular formula is C12H14O8S. The van der Waals surface area contributed by atoms with Crippen molar-refractivity contribution in [1.29, 1.82) is 0 Å². The standard InChI is InChI=1S/2C6H6O2.H2O4S/c2*7-5-2-1-3-6(8)4-5;1-5(2,3)4/h2*1-4,7-8H;(H2,1,2,3,4). The van der Waals surface area contributed by atoms with E-state index in [0.717, 1.165) is 0 Å². The van der Waals surface area contributed by atoms with Crippen LogP contribution in [0, 0.1) is 0 Å². The van der Waals surface area contributed by atoms with Crippen LogP contribution in [0.4, 0.5) is 0 Å². The van der Waals surface area contributed by atoms with Gasteiger partial charge in [0.15, 0.2) is 0 Å². The van der Waals surface area contributed by atoms with Gasteiger partial charge in [0.2, 0.25) is 0 Å². The summed E-state index contributed by atoms with van der Waals surface area (Å²) in [6.07, 6.45) is 0. The zero-order valence-corrected chi connectivity index (χ0v) is 11.3. The number of rotatable bonds is 0. The van der Waals surface area contributed by atoms with Crippen molar-refractivity contribution in [3.05, 3.63) is 48.5 Å². The first-order valence-electron chi connectivity index (χ1n) is 5.24. The molecule has 2 aromatic rings. The van der Waals surface area contributed by atoms with Crippen molar-refractivity contribution in [2.24, 2.45) is 0 Å². The molecule has 0 aliphatic carbocycles. The van der Waals surface area contributed by atoms with Gasteiger partial charge in [-0.05, 0) is 24.3 Å². The first-order chi connectivity index (χ1) is 9.58. The Morgan fingerprint density at radius 2 is 0.810 bits per heavy atom. The van der Waals surface area contributed by atoms with Crippen LogP contribution in [0.2, 0.25) is 0 Å². The molecule has 0 amide bonds. The molecule has 0 heterocycles. The van der Waals surface area contributed by atoms with Gasteiger partial charge in [-0.3, -0.25) is 9.11 Å². The molecule has 0 bridgehead atoms. The van der Waals surface area contributed by atoms with Crippen LogP contribution in [0.25, 0.3) is 0 Å². The van der Waals surface area contributed by atoms with Gasteiger partial charge in [-0.25, -0.2) is 0 Å². The van der Waals surface area contributed by atoms with E-state index in [-0.39, 0.29) is 23.0 Å². The van der Waals surface area contributed by atoms with Crippen LogP contribution in [0.15, 0.2) is 48.5 Å². The smallest absolute Gasteiger partial charge is 0.394 e. The quantitative estimate of drug-likeness (QED) is 0.399. The van der Waals surface area contributed by atoms with Gasteiger partial charge in [0.25, 0.3) is 0 Å². The van der Waals surface area contributed by atoms with Gasteiger partial charge >= 0.3 is 10.4 Å². The van der Waals surface area contributed by atoms with Crippen LogP contribution >= 0.6 is 0 Å². The molecule has 8 nitrogen and oxygen atoms in total. The maximum Gasteiger partial charge on any atom is 0.394 e. The first kappa shape index (κ1) is 18.5. The molecule has 2 aromatic carbocycles. The van der Waals surface area contributed by atoms with Crippen LogP contribution in [-0.4, -0.2) is 37.9 Å². The first-order valence-corrected chi connectivity index (χ1v) is 6.63. The summed E-state index contributed by atoms with van der Waals surface area (Å²) in [6.45, 7) is 0. The van der Waals surface area contributed by atoms with Gasteiger partial charge < -0.3 is 20.4 Å². The second-order valence-electron chi connectivity index (χ2n) is 3.49. The average molecular weight is 318 g/mol. The summed E-state index contributed by atoms with van der Waals surface area (Å²) in [4.78, 5) is 0. The molecule has 0 saturated heterocycles. The van der Waals surface area contributed by atoms with Crippen molar-refractivity contribution < 1.29 is 37.9 Å². The summed E-state index contributed by atoms with van der Waals surface area (Å²) in [6, 6.07) is 11.7. The molecule has 0 unspecified atom stereocenters. The van der Waals surface area contributed by atoms with Crippen molar-refractivity contribution in [2.75, 3.05) is 0 Å². The predicted octanol–water partition coefficient (Wildman–Crippen LogP) is 1.54. The van der Waals surface area contributed by atoms with Crippen molar-refractivity contribution >= 4 is 10.4 Å². The molecule has 0 aliphatic heterocycles. The van der Waals surface area contributed by atoms with Crippen LogP contribution in [0.3, 0.4) is 0 Å². The van der Waals surface area contributed by atoms with Gasteiger partial charge in [0.1, 0.15) is 23.0 Å². The Bertz CT molecular complexity index is 568. The third kappa shape index (κ3) is 13.7. The lowest BCUT2D eigenvalue weighted by molar-refractivity contribution is 0.380. The number of aromatic hydroxyl groups is 4. The summed E-state index contributed by atoms with van der Waals surface area (Å²) in [5.74, 6) is 0.352. The van der Waals surface area contributed by atoms with Gasteiger partial charge in [0.05, 0.1) is 0 Å². The normalized spacial score (nSPS) is 9.62. The number of hydrogen-bond acceptors (Lipinski definition) is 6. The number of benzene rings is 2. The van der Waals surface area contributed by atoms with E-state index in [1.165, 1.54) is 36.4 Å². The molecule has 6 N–H and O–H groups in total. The molecule has 0 atom stereocenters. The summed E-state index contributed by atoms with van der Waals surface area (Å²) in [5.41, 5.74) is 0. The summed E-state index contributed by atoms with van der Waals surface area (Å²) >= 11 is 0. The lowest BCUT2D eigenvalue weighted by atomic mass is 10.3. The lowest BCUT2D eigenvalue weighted by Crippen LogP contribution is -1.89. The van der Waals surface area contributed by atoms with Crippen LogP contribution in [0.1, 0.15) is 0 Å². The van der Waals surface area contributed by atoms with E-state index >= 15 is 0 Å². The molecule has 116 valence electrons. The largest absolute Gasteiger partial charge is 0.508 e. The van der Waals surface area contributed by atoms with Crippen LogP contribution < -0.4 is 0 Å². The minimum atomic E-state index is -4.67. The molecule has 2 rings (SSSR count). The van der Waals surface area contributed by atoms with Gasteiger partial charge in [0, 0.05) is 12.1 Å². The van der Waals surface area contributed by atoms with E-state index in [2.05, 4.69) is 0 Å². The van der Waals surface area contributed by atoms with E-state index < -0.39 is 10.4 Å². The SMILES string of the molecule is O=S(=O)(O)O.Oc1cccc(O)c1.Oc1cccc(O)c1. The number of phenols is 4. The summed E-state index contributed by atoms with van der Waals surface area (Å²) in [7, 11) is -4.67. The monoisotopic (exact) mass is 318 g/mol. The van der Waals surface area contributed by atoms with Crippen molar-refractivity contribution in [2.45, 2.75) is 0 Å². The Morgan fingerprint density at radius 3 is 0.905 bits per heavy atom. The highest BCUT2D eigenvalue weighted by atomic mass is 32.3. The number of phenolic OH excluding ortho intramolecular Hbond substituents is 4. The molecule has 9 heteroatoms. The summed E-state index contributed by atoms with van der Waals surface area (Å²) < 4.78 is 31.6. The lowest BCUT2D eigenvalue weighted by Gasteiger charge is -1.89. The maximum absolute atomic E-state index is 8.74. The van der Waals surface area contributed by atoms with Crippen molar-refractivity contribution in [3.63, 3.8) is 0 Å². The van der Waals surface area contributed by atoms with Crippen molar-refractivity contribution in [3.8, 4) is 23.0 Å². The van der Waals surface area contributed by atoms with Crippen LogP contribution in [-0.2, 0) is 10.4 Å². The Labute approximate surface area is 120 Å². The second-order valence-corrected chi connectivity index (χ2v) is 4.38. The van der Waals surface area contributed by atoms with E-state index in [0.29, 0.717) is 0 Å². The van der Waals surface area contributed by atoms with E-state index in [4.69, 9.17) is 37.9 Å². The van der Waals surface area contributed by atoms with E-state index in [9.17, 15) is 0 Å². The topological polar surface area (TPSA) is 156 Å².